The number of aryl methyl sites for hydroxylation is 1. The first-order valence-electron chi connectivity index (χ1n) is 5.74. The number of nitriles is 1. The summed E-state index contributed by atoms with van der Waals surface area (Å²) >= 11 is 0. The first-order chi connectivity index (χ1) is 9.01. The van der Waals surface area contributed by atoms with Crippen molar-refractivity contribution in [1.82, 2.24) is 14.5 Å². The molecule has 0 aromatic carbocycles. The summed E-state index contributed by atoms with van der Waals surface area (Å²) < 4.78 is 2.05. The zero-order valence-electron chi connectivity index (χ0n) is 10.5. The molecule has 1 rings (SSSR count). The van der Waals surface area contributed by atoms with Crippen LogP contribution in [0.1, 0.15) is 13.3 Å². The smallest absolute Gasteiger partial charge is 0.331 e. The van der Waals surface area contributed by atoms with E-state index in [-0.39, 0.29) is 12.2 Å². The van der Waals surface area contributed by atoms with Gasteiger partial charge in [-0.15, -0.1) is 0 Å². The summed E-state index contributed by atoms with van der Waals surface area (Å²) in [4.78, 5) is 35.1. The normalized spacial score (nSPS) is 9.89. The number of hydrogen-bond acceptors (Lipinski definition) is 5. The van der Waals surface area contributed by atoms with Crippen LogP contribution >= 0.6 is 0 Å². The van der Waals surface area contributed by atoms with Gasteiger partial charge in [0.2, 0.25) is 5.91 Å². The number of aromatic nitrogens is 2. The summed E-state index contributed by atoms with van der Waals surface area (Å²) in [7, 11) is 0. The summed E-state index contributed by atoms with van der Waals surface area (Å²) in [6.45, 7) is 1.65. The second-order valence-corrected chi connectivity index (χ2v) is 3.89. The van der Waals surface area contributed by atoms with Gasteiger partial charge in [0.15, 0.2) is 0 Å². The average Bonchev–Trinajstić information content (AvgIpc) is 2.38. The van der Waals surface area contributed by atoms with Crippen molar-refractivity contribution in [2.24, 2.45) is 0 Å². The molecule has 0 atom stereocenters. The first kappa shape index (κ1) is 14.5. The van der Waals surface area contributed by atoms with Crippen LogP contribution in [-0.4, -0.2) is 21.6 Å². The largest absolute Gasteiger partial charge is 0.393 e. The molecule has 8 nitrogen and oxygen atoms in total. The van der Waals surface area contributed by atoms with Crippen LogP contribution in [0.2, 0.25) is 0 Å². The lowest BCUT2D eigenvalue weighted by atomic mass is 10.4. The highest BCUT2D eigenvalue weighted by molar-refractivity contribution is 5.75. The highest BCUT2D eigenvalue weighted by Crippen LogP contribution is 1.92. The molecule has 8 heteroatoms. The number of carbonyl (C=O) groups is 1. The van der Waals surface area contributed by atoms with Crippen molar-refractivity contribution < 1.29 is 4.79 Å². The van der Waals surface area contributed by atoms with E-state index >= 15 is 0 Å². The predicted molar refractivity (Wildman–Crippen MR) is 68.3 cm³/mol. The van der Waals surface area contributed by atoms with Crippen molar-refractivity contribution in [2.45, 2.75) is 26.4 Å². The number of nitrogens with zero attached hydrogens (tertiary/aromatic N) is 3. The van der Waals surface area contributed by atoms with Crippen LogP contribution in [0.25, 0.3) is 0 Å². The summed E-state index contributed by atoms with van der Waals surface area (Å²) in [5.74, 6) is -0.589. The van der Waals surface area contributed by atoms with Crippen LogP contribution in [0.4, 0.5) is 5.69 Å². The average molecular weight is 265 g/mol. The summed E-state index contributed by atoms with van der Waals surface area (Å²) in [5, 5.41) is 10.6. The van der Waals surface area contributed by atoms with E-state index in [2.05, 4.69) is 5.32 Å². The van der Waals surface area contributed by atoms with Gasteiger partial charge in [0, 0.05) is 12.7 Å². The Morgan fingerprint density at radius 1 is 1.53 bits per heavy atom. The molecule has 0 bridgehead atoms. The number of carbonyl (C=O) groups excluding carboxylic acids is 1. The Bertz CT molecular complexity index is 623. The number of nitrogen functional groups attached to an aromatic ring is 1. The van der Waals surface area contributed by atoms with E-state index in [0.717, 1.165) is 4.57 Å². The van der Waals surface area contributed by atoms with Crippen molar-refractivity contribution in [3.8, 4) is 6.07 Å². The highest BCUT2D eigenvalue weighted by Gasteiger charge is 2.12. The molecule has 3 N–H and O–H groups in total. The lowest BCUT2D eigenvalue weighted by molar-refractivity contribution is -0.121. The minimum Gasteiger partial charge on any atom is -0.393 e. The van der Waals surface area contributed by atoms with E-state index in [4.69, 9.17) is 11.0 Å². The first-order valence-corrected chi connectivity index (χ1v) is 5.74. The molecule has 0 aliphatic heterocycles. The lowest BCUT2D eigenvalue weighted by Crippen LogP contribution is -2.44. The third-order valence-electron chi connectivity index (χ3n) is 2.39. The van der Waals surface area contributed by atoms with Crippen molar-refractivity contribution in [3.05, 3.63) is 27.0 Å². The molecular formula is C11H15N5O3. The maximum Gasteiger partial charge on any atom is 0.331 e. The monoisotopic (exact) mass is 265 g/mol. The van der Waals surface area contributed by atoms with E-state index in [0.29, 0.717) is 13.0 Å². The van der Waals surface area contributed by atoms with Gasteiger partial charge in [0.1, 0.15) is 18.8 Å². The van der Waals surface area contributed by atoms with Gasteiger partial charge in [-0.2, -0.15) is 5.26 Å². The number of nitrogens with two attached hydrogens (primary N) is 1. The molecule has 0 unspecified atom stereocenters. The SMILES string of the molecule is CCCn1cc(N)c(=O)n(CC(=O)NCC#N)c1=O. The third-order valence-corrected chi connectivity index (χ3v) is 2.39. The fourth-order valence-electron chi connectivity index (χ4n) is 1.55. The van der Waals surface area contributed by atoms with Crippen LogP contribution < -0.4 is 22.3 Å². The van der Waals surface area contributed by atoms with Gasteiger partial charge >= 0.3 is 5.69 Å². The molecule has 1 amide bonds. The Labute approximate surface area is 109 Å². The second-order valence-electron chi connectivity index (χ2n) is 3.89. The topological polar surface area (TPSA) is 123 Å². The molecule has 1 heterocycles. The van der Waals surface area contributed by atoms with Gasteiger partial charge in [-0.25, -0.2) is 9.36 Å². The fourth-order valence-corrected chi connectivity index (χ4v) is 1.55. The Morgan fingerprint density at radius 3 is 2.79 bits per heavy atom. The maximum atomic E-state index is 12.0. The molecular weight excluding hydrogens is 250 g/mol. The van der Waals surface area contributed by atoms with Crippen LogP contribution in [0.15, 0.2) is 15.8 Å². The molecule has 1 aromatic rings. The fraction of sp³-hybridized carbons (Fsp3) is 0.455. The maximum absolute atomic E-state index is 12.0. The Hall–Kier alpha value is -2.56. The number of anilines is 1. The van der Waals surface area contributed by atoms with Gasteiger partial charge in [0.25, 0.3) is 5.56 Å². The molecule has 0 fully saturated rings. The minimum atomic E-state index is -0.704. The van der Waals surface area contributed by atoms with Gasteiger partial charge in [-0.3, -0.25) is 14.2 Å². The third kappa shape index (κ3) is 3.45. The van der Waals surface area contributed by atoms with Gasteiger partial charge in [-0.1, -0.05) is 6.92 Å². The molecule has 19 heavy (non-hydrogen) atoms. The van der Waals surface area contributed by atoms with Crippen molar-refractivity contribution >= 4 is 11.6 Å². The van der Waals surface area contributed by atoms with Crippen LogP contribution in [-0.2, 0) is 17.9 Å². The standard InChI is InChI=1S/C11H15N5O3/c1-2-5-15-6-8(13)10(18)16(11(15)19)7-9(17)14-4-3-12/h6H,2,4-5,7,13H2,1H3,(H,14,17). The zero-order valence-corrected chi connectivity index (χ0v) is 10.5. The van der Waals surface area contributed by atoms with Crippen LogP contribution in [0.5, 0.6) is 0 Å². The van der Waals surface area contributed by atoms with Crippen LogP contribution in [0.3, 0.4) is 0 Å². The molecule has 0 spiro atoms. The van der Waals surface area contributed by atoms with Gasteiger partial charge in [0.05, 0.1) is 6.07 Å². The zero-order chi connectivity index (χ0) is 14.4. The van der Waals surface area contributed by atoms with Crippen molar-refractivity contribution in [2.75, 3.05) is 12.3 Å². The molecule has 0 aliphatic carbocycles. The van der Waals surface area contributed by atoms with E-state index in [1.807, 2.05) is 6.92 Å². The number of rotatable bonds is 5. The minimum absolute atomic E-state index is 0.0962. The molecule has 0 aliphatic rings. The molecule has 1 aromatic heterocycles. The van der Waals surface area contributed by atoms with Crippen molar-refractivity contribution in [3.63, 3.8) is 0 Å². The summed E-state index contributed by atoms with van der Waals surface area (Å²) in [6.07, 6.45) is 1.97. The van der Waals surface area contributed by atoms with Gasteiger partial charge < -0.3 is 11.1 Å². The lowest BCUT2D eigenvalue weighted by Gasteiger charge is -2.10. The Kier molecular flexibility index (Phi) is 4.88. The molecule has 0 saturated heterocycles. The van der Waals surface area contributed by atoms with Crippen molar-refractivity contribution in [1.29, 1.82) is 5.26 Å². The second kappa shape index (κ2) is 6.39. The Balaban J connectivity index is 3.13. The molecule has 102 valence electrons. The van der Waals surface area contributed by atoms with E-state index < -0.39 is 23.7 Å². The predicted octanol–water partition coefficient (Wildman–Crippen LogP) is -1.36. The number of nitrogens with one attached hydrogen (secondary N) is 1. The van der Waals surface area contributed by atoms with E-state index in [1.165, 1.54) is 10.8 Å². The van der Waals surface area contributed by atoms with Gasteiger partial charge in [-0.05, 0) is 6.42 Å². The molecule has 0 radical (unpaired) electrons. The van der Waals surface area contributed by atoms with E-state index in [9.17, 15) is 14.4 Å². The quantitative estimate of drug-likeness (QED) is 0.636. The number of hydrogen-bond donors (Lipinski definition) is 2. The van der Waals surface area contributed by atoms with Crippen LogP contribution in [0, 0.1) is 11.3 Å². The highest BCUT2D eigenvalue weighted by atomic mass is 16.2. The van der Waals surface area contributed by atoms with E-state index in [1.54, 1.807) is 6.07 Å². The summed E-state index contributed by atoms with van der Waals surface area (Å²) in [5.41, 5.74) is 4.13. The number of amides is 1. The summed E-state index contributed by atoms with van der Waals surface area (Å²) in [6, 6.07) is 1.73. The molecule has 0 saturated carbocycles. The Morgan fingerprint density at radius 2 is 2.21 bits per heavy atom.